The lowest BCUT2D eigenvalue weighted by atomic mass is 10.1. The van der Waals surface area contributed by atoms with Crippen molar-refractivity contribution in [3.63, 3.8) is 0 Å². The Kier molecular flexibility index (Phi) is 4.49. The number of carbonyl (C=O) groups excluding carboxylic acids is 1. The van der Waals surface area contributed by atoms with Gasteiger partial charge in [0.1, 0.15) is 5.69 Å². The first-order chi connectivity index (χ1) is 11.0. The third-order valence-electron chi connectivity index (χ3n) is 3.75. The van der Waals surface area contributed by atoms with Crippen LogP contribution in [0.4, 0.5) is 11.4 Å². The molecular formula is C15H14ClN3O3S. The van der Waals surface area contributed by atoms with E-state index in [1.807, 2.05) is 11.4 Å². The zero-order valence-corrected chi connectivity index (χ0v) is 13.7. The molecule has 23 heavy (non-hydrogen) atoms. The maximum Gasteiger partial charge on any atom is 0.293 e. The van der Waals surface area contributed by atoms with Gasteiger partial charge in [0.25, 0.3) is 5.69 Å². The van der Waals surface area contributed by atoms with E-state index in [2.05, 4.69) is 5.32 Å². The SMILES string of the molecule is O=C(CNc1ccc(Cl)cc1[N+](=O)[O-])N1CCc2sccc2C1. The lowest BCUT2D eigenvalue weighted by Gasteiger charge is -2.27. The quantitative estimate of drug-likeness (QED) is 0.677. The number of nitro groups is 1. The predicted octanol–water partition coefficient (Wildman–Crippen LogP) is 3.31. The van der Waals surface area contributed by atoms with Gasteiger partial charge in [-0.05, 0) is 35.6 Å². The summed E-state index contributed by atoms with van der Waals surface area (Å²) in [5.74, 6) is -0.0777. The van der Waals surface area contributed by atoms with E-state index in [4.69, 9.17) is 11.6 Å². The Morgan fingerprint density at radius 2 is 2.26 bits per heavy atom. The van der Waals surface area contributed by atoms with E-state index < -0.39 is 4.92 Å². The number of benzene rings is 1. The van der Waals surface area contributed by atoms with Crippen LogP contribution < -0.4 is 5.32 Å². The van der Waals surface area contributed by atoms with E-state index in [1.165, 1.54) is 22.6 Å². The second kappa shape index (κ2) is 6.55. The molecule has 1 amide bonds. The topological polar surface area (TPSA) is 75.5 Å². The number of carbonyl (C=O) groups is 1. The van der Waals surface area contributed by atoms with Gasteiger partial charge in [-0.1, -0.05) is 11.6 Å². The molecule has 0 saturated carbocycles. The predicted molar refractivity (Wildman–Crippen MR) is 90.0 cm³/mol. The third kappa shape index (κ3) is 3.46. The first kappa shape index (κ1) is 15.8. The van der Waals surface area contributed by atoms with E-state index in [0.29, 0.717) is 18.8 Å². The van der Waals surface area contributed by atoms with E-state index in [9.17, 15) is 14.9 Å². The van der Waals surface area contributed by atoms with Crippen LogP contribution in [0.5, 0.6) is 0 Å². The number of amides is 1. The molecule has 3 rings (SSSR count). The van der Waals surface area contributed by atoms with Gasteiger partial charge in [-0.2, -0.15) is 0 Å². The smallest absolute Gasteiger partial charge is 0.293 e. The number of nitrogens with one attached hydrogen (secondary N) is 1. The van der Waals surface area contributed by atoms with Gasteiger partial charge in [0.05, 0.1) is 11.5 Å². The van der Waals surface area contributed by atoms with Crippen LogP contribution in [0.3, 0.4) is 0 Å². The second-order valence-corrected chi connectivity index (χ2v) is 6.64. The van der Waals surface area contributed by atoms with E-state index in [-0.39, 0.29) is 23.2 Å². The molecule has 0 bridgehead atoms. The number of anilines is 1. The molecular weight excluding hydrogens is 338 g/mol. The van der Waals surface area contributed by atoms with Crippen LogP contribution in [0.1, 0.15) is 10.4 Å². The molecule has 0 spiro atoms. The van der Waals surface area contributed by atoms with Crippen molar-refractivity contribution in [3.05, 3.63) is 55.2 Å². The van der Waals surface area contributed by atoms with Crippen LogP contribution in [0, 0.1) is 10.1 Å². The van der Waals surface area contributed by atoms with Crippen molar-refractivity contribution in [2.24, 2.45) is 0 Å². The average Bonchev–Trinajstić information content (AvgIpc) is 3.00. The molecule has 8 heteroatoms. The fourth-order valence-electron chi connectivity index (χ4n) is 2.55. The average molecular weight is 352 g/mol. The monoisotopic (exact) mass is 351 g/mol. The van der Waals surface area contributed by atoms with Crippen LogP contribution in [-0.4, -0.2) is 28.8 Å². The summed E-state index contributed by atoms with van der Waals surface area (Å²) in [5, 5.41) is 16.2. The fraction of sp³-hybridized carbons (Fsp3) is 0.267. The summed E-state index contributed by atoms with van der Waals surface area (Å²) in [6.07, 6.45) is 0.861. The Morgan fingerprint density at radius 1 is 1.43 bits per heavy atom. The molecule has 0 aliphatic carbocycles. The molecule has 0 fully saturated rings. The zero-order chi connectivity index (χ0) is 16.4. The molecule has 0 atom stereocenters. The molecule has 0 saturated heterocycles. The number of nitrogens with zero attached hydrogens (tertiary/aromatic N) is 2. The number of thiophene rings is 1. The van der Waals surface area contributed by atoms with Crippen molar-refractivity contribution < 1.29 is 9.72 Å². The van der Waals surface area contributed by atoms with Gasteiger partial charge in [-0.25, -0.2) is 0 Å². The summed E-state index contributed by atoms with van der Waals surface area (Å²) in [6.45, 7) is 1.29. The first-order valence-corrected chi connectivity index (χ1v) is 8.31. The fourth-order valence-corrected chi connectivity index (χ4v) is 3.61. The van der Waals surface area contributed by atoms with Gasteiger partial charge in [-0.15, -0.1) is 11.3 Å². The number of hydrogen-bond acceptors (Lipinski definition) is 5. The highest BCUT2D eigenvalue weighted by Gasteiger charge is 2.22. The summed E-state index contributed by atoms with van der Waals surface area (Å²) in [6, 6.07) is 6.38. The molecule has 2 aromatic rings. The normalized spacial score (nSPS) is 13.5. The maximum absolute atomic E-state index is 12.3. The summed E-state index contributed by atoms with van der Waals surface area (Å²) in [4.78, 5) is 25.9. The van der Waals surface area contributed by atoms with Gasteiger partial charge < -0.3 is 10.2 Å². The number of halogens is 1. The van der Waals surface area contributed by atoms with Crippen molar-refractivity contribution >= 4 is 40.2 Å². The van der Waals surface area contributed by atoms with Crippen LogP contribution in [0.15, 0.2) is 29.6 Å². The van der Waals surface area contributed by atoms with Crippen LogP contribution in [0.2, 0.25) is 5.02 Å². The van der Waals surface area contributed by atoms with E-state index in [0.717, 1.165) is 6.42 Å². The molecule has 1 aliphatic rings. The summed E-state index contributed by atoms with van der Waals surface area (Å²) >= 11 is 7.49. The molecule has 2 heterocycles. The van der Waals surface area contributed by atoms with Crippen LogP contribution >= 0.6 is 22.9 Å². The second-order valence-electron chi connectivity index (χ2n) is 5.21. The molecule has 0 unspecified atom stereocenters. The lowest BCUT2D eigenvalue weighted by Crippen LogP contribution is -2.38. The molecule has 6 nitrogen and oxygen atoms in total. The minimum absolute atomic E-state index is 0.0158. The maximum atomic E-state index is 12.3. The number of hydrogen-bond donors (Lipinski definition) is 1. The molecule has 1 aliphatic heterocycles. The Bertz CT molecular complexity index is 762. The molecule has 0 radical (unpaired) electrons. The van der Waals surface area contributed by atoms with Crippen molar-refractivity contribution in [1.29, 1.82) is 0 Å². The first-order valence-electron chi connectivity index (χ1n) is 7.05. The van der Waals surface area contributed by atoms with Crippen molar-refractivity contribution in [2.45, 2.75) is 13.0 Å². The van der Waals surface area contributed by atoms with E-state index in [1.54, 1.807) is 22.3 Å². The summed E-state index contributed by atoms with van der Waals surface area (Å²) in [5.41, 5.74) is 1.34. The van der Waals surface area contributed by atoms with Gasteiger partial charge in [-0.3, -0.25) is 14.9 Å². The van der Waals surface area contributed by atoms with Gasteiger partial charge in [0.15, 0.2) is 0 Å². The van der Waals surface area contributed by atoms with Crippen LogP contribution in [-0.2, 0) is 17.8 Å². The van der Waals surface area contributed by atoms with Crippen molar-refractivity contribution in [1.82, 2.24) is 4.90 Å². The standard InChI is InChI=1S/C15H14ClN3O3S/c16-11-1-2-12(13(7-11)19(21)22)17-8-15(20)18-5-3-14-10(9-18)4-6-23-14/h1-2,4,6-7,17H,3,5,8-9H2. The van der Waals surface area contributed by atoms with Gasteiger partial charge >= 0.3 is 0 Å². The largest absolute Gasteiger partial charge is 0.371 e. The molecule has 120 valence electrons. The highest BCUT2D eigenvalue weighted by molar-refractivity contribution is 7.10. The highest BCUT2D eigenvalue weighted by atomic mass is 35.5. The molecule has 1 aromatic carbocycles. The molecule has 1 aromatic heterocycles. The van der Waals surface area contributed by atoms with Gasteiger partial charge in [0, 0.05) is 29.1 Å². The molecule has 1 N–H and O–H groups in total. The number of nitro benzene ring substituents is 1. The Labute approximate surface area is 141 Å². The summed E-state index contributed by atoms with van der Waals surface area (Å²) < 4.78 is 0. The third-order valence-corrected chi connectivity index (χ3v) is 5.01. The number of fused-ring (bicyclic) bond motifs is 1. The minimum atomic E-state index is -0.517. The number of rotatable bonds is 4. The Morgan fingerprint density at radius 3 is 3.04 bits per heavy atom. The summed E-state index contributed by atoms with van der Waals surface area (Å²) in [7, 11) is 0. The minimum Gasteiger partial charge on any atom is -0.371 e. The van der Waals surface area contributed by atoms with Crippen molar-refractivity contribution in [2.75, 3.05) is 18.4 Å². The van der Waals surface area contributed by atoms with Crippen LogP contribution in [0.25, 0.3) is 0 Å². The van der Waals surface area contributed by atoms with Gasteiger partial charge in [0.2, 0.25) is 5.91 Å². The zero-order valence-electron chi connectivity index (χ0n) is 12.1. The Hall–Kier alpha value is -2.12. The highest BCUT2D eigenvalue weighted by Crippen LogP contribution is 2.28. The van der Waals surface area contributed by atoms with E-state index >= 15 is 0 Å². The van der Waals surface area contributed by atoms with Crippen molar-refractivity contribution in [3.8, 4) is 0 Å². The Balaban J connectivity index is 1.65. The lowest BCUT2D eigenvalue weighted by molar-refractivity contribution is -0.383.